The van der Waals surface area contributed by atoms with Gasteiger partial charge in [-0.25, -0.2) is 20.5 Å². The lowest BCUT2D eigenvalue weighted by Crippen LogP contribution is -2.46. The molecule has 0 saturated heterocycles. The molecule has 0 radical (unpaired) electrons. The molecular formula is C7H19N5O3. The molecule has 4 N–H and O–H groups in total. The molecule has 0 heterocycles. The molecule has 90 valence electrons. The molecule has 0 aliphatic heterocycles. The van der Waals surface area contributed by atoms with Crippen LogP contribution in [0.1, 0.15) is 6.42 Å². The van der Waals surface area contributed by atoms with Crippen molar-refractivity contribution in [3.05, 3.63) is 0 Å². The highest BCUT2D eigenvalue weighted by Gasteiger charge is 2.16. The summed E-state index contributed by atoms with van der Waals surface area (Å²) in [5, 5.41) is 1.96. The molecule has 0 fully saturated rings. The van der Waals surface area contributed by atoms with Gasteiger partial charge in [0, 0.05) is 6.54 Å². The molecule has 0 rings (SSSR count). The summed E-state index contributed by atoms with van der Waals surface area (Å²) < 4.78 is 0. The van der Waals surface area contributed by atoms with Crippen molar-refractivity contribution >= 4 is 5.96 Å². The van der Waals surface area contributed by atoms with Gasteiger partial charge in [-0.3, -0.25) is 4.84 Å². The summed E-state index contributed by atoms with van der Waals surface area (Å²) in [5.41, 5.74) is 5.34. The van der Waals surface area contributed by atoms with Gasteiger partial charge < -0.3 is 5.73 Å². The van der Waals surface area contributed by atoms with Gasteiger partial charge in [-0.15, -0.1) is 5.17 Å². The van der Waals surface area contributed by atoms with E-state index in [0.717, 1.165) is 16.8 Å². The van der Waals surface area contributed by atoms with Crippen LogP contribution in [0.4, 0.5) is 0 Å². The Balaban J connectivity index is 4.47. The Bertz CT molecular complexity index is 185. The molecule has 0 aromatic carbocycles. The Kier molecular flexibility index (Phi) is 7.86. The highest BCUT2D eigenvalue weighted by molar-refractivity contribution is 5.76. The van der Waals surface area contributed by atoms with E-state index in [0.29, 0.717) is 13.1 Å². The van der Waals surface area contributed by atoms with E-state index < -0.39 is 0 Å². The van der Waals surface area contributed by atoms with Crippen molar-refractivity contribution in [1.29, 1.82) is 0 Å². The van der Waals surface area contributed by atoms with Gasteiger partial charge in [-0.05, 0) is 13.0 Å². The van der Waals surface area contributed by atoms with Crippen LogP contribution in [0.2, 0.25) is 0 Å². The maximum Gasteiger partial charge on any atom is 0.288 e. The van der Waals surface area contributed by atoms with Crippen molar-refractivity contribution in [3.63, 3.8) is 0 Å². The van der Waals surface area contributed by atoms with E-state index in [1.165, 1.54) is 21.3 Å². The molecule has 0 atom stereocenters. The van der Waals surface area contributed by atoms with Gasteiger partial charge in [0.15, 0.2) is 0 Å². The van der Waals surface area contributed by atoms with Crippen LogP contribution in [0.5, 0.6) is 0 Å². The van der Waals surface area contributed by atoms with Crippen LogP contribution in [0.3, 0.4) is 0 Å². The zero-order valence-electron chi connectivity index (χ0n) is 9.34. The molecule has 0 aromatic heterocycles. The standard InChI is InChI=1S/C7H19N5O3/c1-13-11(9)7(10-6-4-5-8)12(14-2)15-3/h4-6,8-9H2,1-3H3. The van der Waals surface area contributed by atoms with Crippen molar-refractivity contribution in [1.82, 2.24) is 10.4 Å². The molecule has 15 heavy (non-hydrogen) atoms. The van der Waals surface area contributed by atoms with Gasteiger partial charge in [0.25, 0.3) is 5.96 Å². The van der Waals surface area contributed by atoms with Crippen molar-refractivity contribution in [3.8, 4) is 0 Å². The Morgan fingerprint density at radius 3 is 2.20 bits per heavy atom. The largest absolute Gasteiger partial charge is 0.330 e. The molecule has 0 unspecified atom stereocenters. The zero-order chi connectivity index (χ0) is 11.7. The second-order valence-electron chi connectivity index (χ2n) is 2.45. The predicted molar refractivity (Wildman–Crippen MR) is 54.9 cm³/mol. The molecule has 0 spiro atoms. The lowest BCUT2D eigenvalue weighted by Gasteiger charge is -2.24. The molecule has 0 bridgehead atoms. The van der Waals surface area contributed by atoms with Gasteiger partial charge >= 0.3 is 0 Å². The van der Waals surface area contributed by atoms with E-state index in [2.05, 4.69) is 4.99 Å². The van der Waals surface area contributed by atoms with Gasteiger partial charge in [-0.1, -0.05) is 5.23 Å². The average Bonchev–Trinajstić information content (AvgIpc) is 2.27. The molecule has 0 aliphatic rings. The van der Waals surface area contributed by atoms with Crippen LogP contribution in [-0.2, 0) is 14.5 Å². The normalized spacial score (nSPS) is 11.7. The number of hydrogen-bond acceptors (Lipinski definition) is 6. The van der Waals surface area contributed by atoms with E-state index in [4.69, 9.17) is 26.1 Å². The van der Waals surface area contributed by atoms with Crippen LogP contribution in [0.25, 0.3) is 0 Å². The van der Waals surface area contributed by atoms with Crippen LogP contribution in [0.15, 0.2) is 4.99 Å². The summed E-state index contributed by atoms with van der Waals surface area (Å²) in [4.78, 5) is 18.6. The van der Waals surface area contributed by atoms with Crippen molar-refractivity contribution in [2.75, 3.05) is 34.4 Å². The first-order chi connectivity index (χ1) is 7.21. The number of nitrogens with two attached hydrogens (primary N) is 2. The highest BCUT2D eigenvalue weighted by atomic mass is 16.9. The molecule has 8 heteroatoms. The minimum Gasteiger partial charge on any atom is -0.330 e. The van der Waals surface area contributed by atoms with Crippen LogP contribution in [-0.4, -0.2) is 50.8 Å². The highest BCUT2D eigenvalue weighted by Crippen LogP contribution is 1.97. The zero-order valence-corrected chi connectivity index (χ0v) is 9.34. The Hall–Kier alpha value is -0.930. The fourth-order valence-electron chi connectivity index (χ4n) is 0.798. The number of aliphatic imine (C=N–C) groups is 1. The maximum atomic E-state index is 5.50. The average molecular weight is 221 g/mol. The summed E-state index contributed by atoms with van der Waals surface area (Å²) in [7, 11) is 4.25. The van der Waals surface area contributed by atoms with Crippen molar-refractivity contribution < 1.29 is 14.5 Å². The van der Waals surface area contributed by atoms with E-state index >= 15 is 0 Å². The number of hydroxylamine groups is 3. The quantitative estimate of drug-likeness (QED) is 0.192. The first-order valence-electron chi connectivity index (χ1n) is 4.43. The molecule has 0 aromatic rings. The van der Waals surface area contributed by atoms with Gasteiger partial charge in [0.05, 0.1) is 21.3 Å². The summed E-state index contributed by atoms with van der Waals surface area (Å²) >= 11 is 0. The third-order valence-corrected chi connectivity index (χ3v) is 1.50. The third-order valence-electron chi connectivity index (χ3n) is 1.50. The van der Waals surface area contributed by atoms with Gasteiger partial charge in [-0.2, -0.15) is 0 Å². The Morgan fingerprint density at radius 1 is 1.20 bits per heavy atom. The number of hydrazine groups is 1. The van der Waals surface area contributed by atoms with E-state index in [1.807, 2.05) is 0 Å². The topological polar surface area (TPSA) is 98.6 Å². The van der Waals surface area contributed by atoms with Crippen LogP contribution >= 0.6 is 0 Å². The summed E-state index contributed by atoms with van der Waals surface area (Å²) in [6, 6.07) is 0. The van der Waals surface area contributed by atoms with E-state index in [9.17, 15) is 0 Å². The predicted octanol–water partition coefficient (Wildman–Crippen LogP) is -1.15. The summed E-state index contributed by atoms with van der Waals surface area (Å²) in [6.07, 6.45) is 0.738. The molecular weight excluding hydrogens is 202 g/mol. The lowest BCUT2D eigenvalue weighted by molar-refractivity contribution is -0.303. The number of hydrogen-bond donors (Lipinski definition) is 2. The minimum atomic E-state index is 0.205. The van der Waals surface area contributed by atoms with Crippen LogP contribution in [0, 0.1) is 0 Å². The maximum absolute atomic E-state index is 5.50. The molecule has 0 aliphatic carbocycles. The van der Waals surface area contributed by atoms with Gasteiger partial charge in [0.1, 0.15) is 0 Å². The fraction of sp³-hybridized carbons (Fsp3) is 0.857. The lowest BCUT2D eigenvalue weighted by atomic mass is 10.4. The third kappa shape index (κ3) is 4.91. The second kappa shape index (κ2) is 8.38. The van der Waals surface area contributed by atoms with Crippen molar-refractivity contribution in [2.45, 2.75) is 6.42 Å². The first-order valence-corrected chi connectivity index (χ1v) is 4.43. The number of nitrogens with zero attached hydrogens (tertiary/aromatic N) is 3. The summed E-state index contributed by atoms with van der Waals surface area (Å²) in [5.74, 6) is 5.70. The Morgan fingerprint density at radius 2 is 1.80 bits per heavy atom. The van der Waals surface area contributed by atoms with Crippen molar-refractivity contribution in [2.24, 2.45) is 16.6 Å². The Labute approximate surface area is 89.2 Å². The van der Waals surface area contributed by atoms with E-state index in [-0.39, 0.29) is 5.96 Å². The SMILES string of the molecule is CON(N)C(=NCCCN)N(OC)OC. The number of rotatable bonds is 6. The van der Waals surface area contributed by atoms with Gasteiger partial charge in [0.2, 0.25) is 0 Å². The van der Waals surface area contributed by atoms with E-state index in [1.54, 1.807) is 0 Å². The monoisotopic (exact) mass is 221 g/mol. The summed E-state index contributed by atoms with van der Waals surface area (Å²) in [6.45, 7) is 1.06. The second-order valence-corrected chi connectivity index (χ2v) is 2.45. The smallest absolute Gasteiger partial charge is 0.288 e. The molecule has 8 nitrogen and oxygen atoms in total. The molecule has 0 amide bonds. The van der Waals surface area contributed by atoms with Crippen LogP contribution < -0.4 is 11.6 Å². The number of guanidine groups is 1. The first kappa shape index (κ1) is 14.1. The fourth-order valence-corrected chi connectivity index (χ4v) is 0.798. The molecule has 0 saturated carbocycles. The minimum absolute atomic E-state index is 0.205.